The minimum absolute atomic E-state index is 0.148. The van der Waals surface area contributed by atoms with Gasteiger partial charge in [0.05, 0.1) is 22.5 Å². The number of carbonyl (C=O) groups excluding carboxylic acids is 2. The molecule has 13 heteroatoms. The van der Waals surface area contributed by atoms with Crippen LogP contribution >= 0.6 is 23.2 Å². The van der Waals surface area contributed by atoms with Crippen molar-refractivity contribution in [3.8, 4) is 0 Å². The van der Waals surface area contributed by atoms with Crippen molar-refractivity contribution in [3.05, 3.63) is 63.6 Å². The summed E-state index contributed by atoms with van der Waals surface area (Å²) in [5, 5.41) is 2.60. The predicted octanol–water partition coefficient (Wildman–Crippen LogP) is 4.33. The van der Waals surface area contributed by atoms with Gasteiger partial charge in [-0.2, -0.15) is 13.2 Å². The van der Waals surface area contributed by atoms with Gasteiger partial charge in [0.1, 0.15) is 12.6 Å². The van der Waals surface area contributed by atoms with E-state index in [1.165, 1.54) is 6.92 Å². The molecule has 0 unspecified atom stereocenters. The first kappa shape index (κ1) is 28.7. The normalized spacial score (nSPS) is 12.7. The molecular formula is C22H24Cl2F3N3O4S. The zero-order valence-electron chi connectivity index (χ0n) is 19.1. The number of hydrogen-bond acceptors (Lipinski definition) is 4. The quantitative estimate of drug-likeness (QED) is 0.500. The summed E-state index contributed by atoms with van der Waals surface area (Å²) in [5.41, 5.74) is -1.16. The van der Waals surface area contributed by atoms with Crippen LogP contribution in [0.15, 0.2) is 42.5 Å². The van der Waals surface area contributed by atoms with E-state index < -0.39 is 51.9 Å². The Hall–Kier alpha value is -2.50. The number of rotatable bonds is 9. The summed E-state index contributed by atoms with van der Waals surface area (Å²) in [7, 11) is -4.26. The third kappa shape index (κ3) is 7.49. The molecule has 1 atom stereocenters. The highest BCUT2D eigenvalue weighted by Gasteiger charge is 2.34. The molecule has 2 aromatic carbocycles. The van der Waals surface area contributed by atoms with Crippen LogP contribution in [0.3, 0.4) is 0 Å². The van der Waals surface area contributed by atoms with Crippen molar-refractivity contribution in [2.45, 2.75) is 32.6 Å². The second-order valence-corrected chi connectivity index (χ2v) is 10.3. The molecule has 192 valence electrons. The molecule has 2 amide bonds. The molecule has 2 aromatic rings. The smallest absolute Gasteiger partial charge is 0.355 e. The lowest BCUT2D eigenvalue weighted by Gasteiger charge is -2.32. The van der Waals surface area contributed by atoms with Crippen molar-refractivity contribution in [3.63, 3.8) is 0 Å². The number of nitrogens with one attached hydrogen (secondary N) is 1. The first-order chi connectivity index (χ1) is 16.2. The highest BCUT2D eigenvalue weighted by Crippen LogP contribution is 2.36. The number of benzene rings is 2. The van der Waals surface area contributed by atoms with E-state index in [-0.39, 0.29) is 18.1 Å². The lowest BCUT2D eigenvalue weighted by atomic mass is 10.1. The molecule has 0 aromatic heterocycles. The average Bonchev–Trinajstić information content (AvgIpc) is 2.75. The van der Waals surface area contributed by atoms with Crippen LogP contribution in [0.1, 0.15) is 25.0 Å². The van der Waals surface area contributed by atoms with Gasteiger partial charge in [-0.15, -0.1) is 0 Å². The van der Waals surface area contributed by atoms with Crippen LogP contribution < -0.4 is 9.62 Å². The topological polar surface area (TPSA) is 86.8 Å². The number of halogens is 5. The van der Waals surface area contributed by atoms with E-state index in [4.69, 9.17) is 23.2 Å². The Morgan fingerprint density at radius 3 is 2.26 bits per heavy atom. The van der Waals surface area contributed by atoms with E-state index in [2.05, 4.69) is 5.32 Å². The number of anilines is 1. The van der Waals surface area contributed by atoms with Gasteiger partial charge in [-0.1, -0.05) is 41.4 Å². The van der Waals surface area contributed by atoms with Gasteiger partial charge in [-0.3, -0.25) is 13.9 Å². The van der Waals surface area contributed by atoms with Crippen LogP contribution in [0.25, 0.3) is 0 Å². The van der Waals surface area contributed by atoms with E-state index >= 15 is 0 Å². The molecule has 0 bridgehead atoms. The third-order valence-electron chi connectivity index (χ3n) is 5.04. The molecule has 35 heavy (non-hydrogen) atoms. The Labute approximate surface area is 211 Å². The van der Waals surface area contributed by atoms with Crippen molar-refractivity contribution in [2.75, 3.05) is 23.7 Å². The number of likely N-dealkylation sites (N-methyl/N-ethyl adjacent to an activating group) is 1. The number of alkyl halides is 3. The minimum atomic E-state index is -4.77. The van der Waals surface area contributed by atoms with Gasteiger partial charge in [0, 0.05) is 18.1 Å². The summed E-state index contributed by atoms with van der Waals surface area (Å²) >= 11 is 12.2. The first-order valence-corrected chi connectivity index (χ1v) is 12.9. The molecule has 2 rings (SSSR count). The highest BCUT2D eigenvalue weighted by atomic mass is 35.5. The Morgan fingerprint density at radius 2 is 1.71 bits per heavy atom. The van der Waals surface area contributed by atoms with Crippen LogP contribution in [0, 0.1) is 0 Å². The summed E-state index contributed by atoms with van der Waals surface area (Å²) < 4.78 is 65.3. The maximum atomic E-state index is 13.4. The largest absolute Gasteiger partial charge is 0.416 e. The molecule has 0 spiro atoms. The van der Waals surface area contributed by atoms with Gasteiger partial charge in [0.25, 0.3) is 0 Å². The fraction of sp³-hybridized carbons (Fsp3) is 0.364. The number of hydrogen-bond donors (Lipinski definition) is 1. The highest BCUT2D eigenvalue weighted by molar-refractivity contribution is 7.92. The zero-order valence-corrected chi connectivity index (χ0v) is 21.4. The average molecular weight is 554 g/mol. The van der Waals surface area contributed by atoms with Gasteiger partial charge >= 0.3 is 6.18 Å². The monoisotopic (exact) mass is 553 g/mol. The molecule has 0 saturated carbocycles. The minimum Gasteiger partial charge on any atom is -0.355 e. The van der Waals surface area contributed by atoms with Gasteiger partial charge < -0.3 is 10.2 Å². The Morgan fingerprint density at radius 1 is 1.09 bits per heavy atom. The lowest BCUT2D eigenvalue weighted by molar-refractivity contribution is -0.139. The van der Waals surface area contributed by atoms with Gasteiger partial charge in [0.2, 0.25) is 21.8 Å². The maximum absolute atomic E-state index is 13.4. The van der Waals surface area contributed by atoms with Crippen molar-refractivity contribution in [1.29, 1.82) is 0 Å². The van der Waals surface area contributed by atoms with Crippen molar-refractivity contribution < 1.29 is 31.2 Å². The molecule has 0 saturated heterocycles. The predicted molar refractivity (Wildman–Crippen MR) is 129 cm³/mol. The molecule has 1 N–H and O–H groups in total. The lowest BCUT2D eigenvalue weighted by Crippen LogP contribution is -2.51. The van der Waals surface area contributed by atoms with Crippen molar-refractivity contribution in [1.82, 2.24) is 10.2 Å². The molecule has 0 fully saturated rings. The zero-order chi connectivity index (χ0) is 26.6. The fourth-order valence-corrected chi connectivity index (χ4v) is 4.51. The van der Waals surface area contributed by atoms with Crippen LogP contribution in [0.2, 0.25) is 10.0 Å². The first-order valence-electron chi connectivity index (χ1n) is 10.3. The summed E-state index contributed by atoms with van der Waals surface area (Å²) in [6, 6.07) is 7.68. The van der Waals surface area contributed by atoms with Crippen molar-refractivity contribution in [2.24, 2.45) is 0 Å². The van der Waals surface area contributed by atoms with Crippen LogP contribution in [-0.4, -0.2) is 50.5 Å². The molecule has 0 aliphatic heterocycles. The van der Waals surface area contributed by atoms with E-state index in [0.29, 0.717) is 27.0 Å². The number of sulfonamides is 1. The Bertz CT molecular complexity index is 1190. The van der Waals surface area contributed by atoms with Gasteiger partial charge in [-0.05, 0) is 43.7 Å². The maximum Gasteiger partial charge on any atom is 0.416 e. The SMILES string of the molecule is CCNC(=O)[C@@H](C)N(Cc1ccccc1Cl)C(=O)CN(c1cc(C(F)(F)F)ccc1Cl)S(C)(=O)=O. The van der Waals surface area contributed by atoms with Gasteiger partial charge in [0.15, 0.2) is 0 Å². The van der Waals surface area contributed by atoms with E-state index in [1.807, 2.05) is 0 Å². The summed E-state index contributed by atoms with van der Waals surface area (Å²) in [4.78, 5) is 27.0. The Balaban J connectivity index is 2.51. The van der Waals surface area contributed by atoms with E-state index in [9.17, 15) is 31.2 Å². The van der Waals surface area contributed by atoms with Gasteiger partial charge in [-0.25, -0.2) is 8.42 Å². The standard InChI is InChI=1S/C22H24Cl2F3N3O4S/c1-4-28-21(32)14(2)29(12-15-7-5-6-8-17(15)23)20(31)13-30(35(3,33)34)19-11-16(22(25,26)27)9-10-18(19)24/h5-11,14H,4,12-13H2,1-3H3,(H,28,32)/t14-/m1/s1. The third-order valence-corrected chi connectivity index (χ3v) is 6.85. The molecular weight excluding hydrogens is 530 g/mol. The fourth-order valence-electron chi connectivity index (χ4n) is 3.19. The molecule has 7 nitrogen and oxygen atoms in total. The summed E-state index contributed by atoms with van der Waals surface area (Å²) in [5.74, 6) is -1.35. The number of nitrogens with zero attached hydrogens (tertiary/aromatic N) is 2. The van der Waals surface area contributed by atoms with Crippen LogP contribution in [0.4, 0.5) is 18.9 Å². The molecule has 0 aliphatic carbocycles. The van der Waals surface area contributed by atoms with Crippen LogP contribution in [0.5, 0.6) is 0 Å². The van der Waals surface area contributed by atoms with E-state index in [1.54, 1.807) is 31.2 Å². The number of carbonyl (C=O) groups is 2. The van der Waals surface area contributed by atoms with E-state index in [0.717, 1.165) is 17.2 Å². The summed E-state index contributed by atoms with van der Waals surface area (Å²) in [6.07, 6.45) is -4.03. The van der Waals surface area contributed by atoms with Crippen LogP contribution in [-0.2, 0) is 32.3 Å². The molecule has 0 heterocycles. The molecule has 0 aliphatic rings. The second-order valence-electron chi connectivity index (χ2n) is 7.62. The number of amides is 2. The van der Waals surface area contributed by atoms with Crippen molar-refractivity contribution >= 4 is 50.7 Å². The second kappa shape index (κ2) is 11.5. The molecule has 0 radical (unpaired) electrons. The summed E-state index contributed by atoms with van der Waals surface area (Å²) in [6.45, 7) is 2.37. The Kier molecular flexibility index (Phi) is 9.43.